The highest BCUT2D eigenvalue weighted by Gasteiger charge is 2.32. The van der Waals surface area contributed by atoms with E-state index in [1.165, 1.54) is 0 Å². The maximum Gasteiger partial charge on any atom is 0.410 e. The molecule has 3 heterocycles. The van der Waals surface area contributed by atoms with Gasteiger partial charge < -0.3 is 19.4 Å². The van der Waals surface area contributed by atoms with Crippen LogP contribution in [0.5, 0.6) is 0 Å². The summed E-state index contributed by atoms with van der Waals surface area (Å²) in [7, 11) is 0. The molecule has 0 spiro atoms. The second-order valence-corrected chi connectivity index (χ2v) is 10.1. The van der Waals surface area contributed by atoms with Crippen LogP contribution in [0.3, 0.4) is 0 Å². The normalized spacial score (nSPS) is 14.7. The number of hydrogen-bond acceptors (Lipinski definition) is 5. The van der Waals surface area contributed by atoms with Crippen LogP contribution in [0.1, 0.15) is 72.5 Å². The number of carbonyl (C=O) groups excluding carboxylic acids is 2. The number of aromatic nitrogens is 2. The van der Waals surface area contributed by atoms with Gasteiger partial charge in [-0.2, -0.15) is 5.10 Å². The van der Waals surface area contributed by atoms with Gasteiger partial charge in [0, 0.05) is 19.0 Å². The van der Waals surface area contributed by atoms with Gasteiger partial charge in [-0.3, -0.25) is 4.79 Å². The molecule has 1 fully saturated rings. The number of para-hydroxylation sites is 1. The molecule has 1 N–H and O–H groups in total. The van der Waals surface area contributed by atoms with E-state index in [9.17, 15) is 9.59 Å². The van der Waals surface area contributed by atoms with Gasteiger partial charge >= 0.3 is 6.09 Å². The van der Waals surface area contributed by atoms with Crippen LogP contribution in [-0.2, 0) is 11.3 Å². The smallest absolute Gasteiger partial charge is 0.410 e. The Hall–Kier alpha value is -3.55. The van der Waals surface area contributed by atoms with E-state index in [1.54, 1.807) is 23.4 Å². The van der Waals surface area contributed by atoms with Crippen molar-refractivity contribution in [2.75, 3.05) is 13.1 Å². The van der Waals surface area contributed by atoms with Gasteiger partial charge in [-0.05, 0) is 70.7 Å². The number of nitrogens with zero attached hydrogens (tertiary/aromatic N) is 3. The Morgan fingerprint density at radius 2 is 1.80 bits per heavy atom. The fourth-order valence-electron chi connectivity index (χ4n) is 4.58. The second-order valence-electron chi connectivity index (χ2n) is 10.1. The minimum absolute atomic E-state index is 0.0690. The van der Waals surface area contributed by atoms with Gasteiger partial charge in [-0.25, -0.2) is 9.48 Å². The van der Waals surface area contributed by atoms with E-state index < -0.39 is 5.60 Å². The van der Waals surface area contributed by atoms with Crippen molar-refractivity contribution in [3.05, 3.63) is 70.9 Å². The molecule has 4 rings (SSSR count). The molecule has 1 aliphatic rings. The Kier molecular flexibility index (Phi) is 7.00. The van der Waals surface area contributed by atoms with Crippen molar-refractivity contribution < 1.29 is 18.7 Å². The fraction of sp³-hybridized carbons (Fsp3) is 0.444. The molecule has 0 bridgehead atoms. The van der Waals surface area contributed by atoms with Gasteiger partial charge in [0.25, 0.3) is 5.91 Å². The van der Waals surface area contributed by atoms with E-state index in [-0.39, 0.29) is 17.9 Å². The predicted octanol–water partition coefficient (Wildman–Crippen LogP) is 5.13. The lowest BCUT2D eigenvalue weighted by Crippen LogP contribution is -2.41. The average molecular weight is 479 g/mol. The minimum atomic E-state index is -0.534. The van der Waals surface area contributed by atoms with E-state index in [0.29, 0.717) is 43.8 Å². The first-order valence-corrected chi connectivity index (χ1v) is 12.1. The lowest BCUT2D eigenvalue weighted by molar-refractivity contribution is 0.0203. The van der Waals surface area contributed by atoms with E-state index in [0.717, 1.165) is 22.5 Å². The van der Waals surface area contributed by atoms with Crippen LogP contribution in [0.15, 0.2) is 47.2 Å². The molecule has 35 heavy (non-hydrogen) atoms. The number of amides is 2. The summed E-state index contributed by atoms with van der Waals surface area (Å²) in [5, 5.41) is 7.64. The Balaban J connectivity index is 1.62. The monoisotopic (exact) mass is 478 g/mol. The lowest BCUT2D eigenvalue weighted by Gasteiger charge is -2.34. The number of ether oxygens (including phenoxy) is 1. The number of carbonyl (C=O) groups is 2. The van der Waals surface area contributed by atoms with Crippen molar-refractivity contribution in [3.8, 4) is 5.69 Å². The molecular weight excluding hydrogens is 444 g/mol. The fourth-order valence-corrected chi connectivity index (χ4v) is 4.58. The largest absolute Gasteiger partial charge is 0.467 e. The standard InChI is InChI=1S/C27H34N4O4/c1-18-8-6-9-19(2)23(18)31-24(20-11-13-30(14-12-20)26(33)35-27(3,4)5)22(17-29-31)25(32)28-16-21-10-7-15-34-21/h6-10,15,17,20H,11-14,16H2,1-5H3,(H,28,32). The third kappa shape index (κ3) is 5.58. The minimum Gasteiger partial charge on any atom is -0.467 e. The number of rotatable bonds is 5. The Bertz CT molecular complexity index is 1160. The van der Waals surface area contributed by atoms with Gasteiger partial charge in [0.1, 0.15) is 11.4 Å². The first kappa shape index (κ1) is 24.6. The van der Waals surface area contributed by atoms with Gasteiger partial charge in [0.15, 0.2) is 0 Å². The van der Waals surface area contributed by atoms with E-state index in [1.807, 2.05) is 37.6 Å². The third-order valence-corrected chi connectivity index (χ3v) is 6.24. The van der Waals surface area contributed by atoms with Crippen LogP contribution in [0, 0.1) is 13.8 Å². The Morgan fingerprint density at radius 3 is 2.40 bits per heavy atom. The van der Waals surface area contributed by atoms with Crippen molar-refractivity contribution in [1.82, 2.24) is 20.0 Å². The molecule has 1 saturated heterocycles. The van der Waals surface area contributed by atoms with E-state index >= 15 is 0 Å². The van der Waals surface area contributed by atoms with Crippen LogP contribution in [0.25, 0.3) is 5.69 Å². The van der Waals surface area contributed by atoms with Gasteiger partial charge in [-0.15, -0.1) is 0 Å². The van der Waals surface area contributed by atoms with Crippen molar-refractivity contribution >= 4 is 12.0 Å². The quantitative estimate of drug-likeness (QED) is 0.549. The molecule has 3 aromatic rings. The van der Waals surface area contributed by atoms with Crippen LogP contribution in [-0.4, -0.2) is 45.4 Å². The number of benzene rings is 1. The number of nitrogens with one attached hydrogen (secondary N) is 1. The van der Waals surface area contributed by atoms with Crippen LogP contribution in [0.2, 0.25) is 0 Å². The first-order valence-electron chi connectivity index (χ1n) is 12.1. The van der Waals surface area contributed by atoms with E-state index in [4.69, 9.17) is 9.15 Å². The summed E-state index contributed by atoms with van der Waals surface area (Å²) in [4.78, 5) is 27.6. The maximum atomic E-state index is 13.3. The number of piperidine rings is 1. The molecular formula is C27H34N4O4. The summed E-state index contributed by atoms with van der Waals surface area (Å²) in [6, 6.07) is 9.75. The maximum absolute atomic E-state index is 13.3. The van der Waals surface area contributed by atoms with Crippen molar-refractivity contribution in [3.63, 3.8) is 0 Å². The van der Waals surface area contributed by atoms with Crippen molar-refractivity contribution in [2.24, 2.45) is 0 Å². The predicted molar refractivity (Wildman–Crippen MR) is 133 cm³/mol. The summed E-state index contributed by atoms with van der Waals surface area (Å²) in [6.45, 7) is 11.1. The van der Waals surface area contributed by atoms with Gasteiger partial charge in [0.05, 0.1) is 35.9 Å². The molecule has 8 heteroatoms. The summed E-state index contributed by atoms with van der Waals surface area (Å²) in [6.07, 6.45) is 4.38. The average Bonchev–Trinajstić information content (AvgIpc) is 3.47. The summed E-state index contributed by atoms with van der Waals surface area (Å²) in [5.41, 5.74) is 4.06. The molecule has 186 valence electrons. The van der Waals surface area contributed by atoms with Crippen LogP contribution in [0.4, 0.5) is 4.79 Å². The first-order chi connectivity index (χ1) is 16.6. The molecule has 2 amide bonds. The number of hydrogen-bond donors (Lipinski definition) is 1. The zero-order valence-corrected chi connectivity index (χ0v) is 21.1. The zero-order chi connectivity index (χ0) is 25.2. The van der Waals surface area contributed by atoms with Gasteiger partial charge in [-0.1, -0.05) is 18.2 Å². The molecule has 0 unspecified atom stereocenters. The molecule has 2 aromatic heterocycles. The molecule has 1 aliphatic heterocycles. The third-order valence-electron chi connectivity index (χ3n) is 6.24. The van der Waals surface area contributed by atoms with Crippen LogP contribution < -0.4 is 5.32 Å². The number of furan rings is 1. The molecule has 1 aromatic carbocycles. The highest BCUT2D eigenvalue weighted by Crippen LogP contribution is 2.34. The highest BCUT2D eigenvalue weighted by atomic mass is 16.6. The SMILES string of the molecule is Cc1cccc(C)c1-n1ncc(C(=O)NCc2ccco2)c1C1CCN(C(=O)OC(C)(C)C)CC1. The molecule has 0 atom stereocenters. The summed E-state index contributed by atoms with van der Waals surface area (Å²) < 4.78 is 12.8. The zero-order valence-electron chi connectivity index (χ0n) is 21.1. The molecule has 0 radical (unpaired) electrons. The lowest BCUT2D eigenvalue weighted by atomic mass is 9.90. The summed E-state index contributed by atoms with van der Waals surface area (Å²) in [5.74, 6) is 0.565. The molecule has 0 aliphatic carbocycles. The second kappa shape index (κ2) is 9.98. The van der Waals surface area contributed by atoms with Crippen molar-refractivity contribution in [1.29, 1.82) is 0 Å². The molecule has 8 nitrogen and oxygen atoms in total. The van der Waals surface area contributed by atoms with E-state index in [2.05, 4.69) is 36.4 Å². The van der Waals surface area contributed by atoms with Crippen LogP contribution >= 0.6 is 0 Å². The van der Waals surface area contributed by atoms with Gasteiger partial charge in [0.2, 0.25) is 0 Å². The summed E-state index contributed by atoms with van der Waals surface area (Å²) >= 11 is 0. The number of likely N-dealkylation sites (tertiary alicyclic amines) is 1. The highest BCUT2D eigenvalue weighted by molar-refractivity contribution is 5.95. The molecule has 0 saturated carbocycles. The van der Waals surface area contributed by atoms with Crippen molar-refractivity contribution in [2.45, 2.75) is 65.5 Å². The number of aryl methyl sites for hydroxylation is 2. The Labute approximate surface area is 206 Å². The topological polar surface area (TPSA) is 89.6 Å². The Morgan fingerprint density at radius 1 is 1.11 bits per heavy atom.